The quantitative estimate of drug-likeness (QED) is 0.250. The SMILES string of the molecule is C=CC(=O)N1CCN(c2nc(=O)n3c4c(c(-c5ccc(F)cc5F)c(Cl)cc24)SC[C@H]3CCCN2C[C@@H](C)C[C@H]2CC)[C@@H](C)C1. The van der Waals surface area contributed by atoms with Gasteiger partial charge in [-0.1, -0.05) is 32.0 Å². The fraction of sp³-hybridized carbons (Fsp3) is 0.500. The first-order chi connectivity index (χ1) is 21.6. The first-order valence-electron chi connectivity index (χ1n) is 15.9. The van der Waals surface area contributed by atoms with Crippen LogP contribution in [0, 0.1) is 17.6 Å². The minimum absolute atomic E-state index is 0.0919. The lowest BCUT2D eigenvalue weighted by Gasteiger charge is -2.41. The number of carbonyl (C=O) groups is 1. The molecule has 0 radical (unpaired) electrons. The van der Waals surface area contributed by atoms with Crippen molar-refractivity contribution in [2.75, 3.05) is 43.4 Å². The van der Waals surface area contributed by atoms with E-state index in [0.29, 0.717) is 69.5 Å². The summed E-state index contributed by atoms with van der Waals surface area (Å²) in [4.78, 5) is 38.1. The highest BCUT2D eigenvalue weighted by atomic mass is 35.5. The number of halogens is 3. The Balaban J connectivity index is 1.43. The summed E-state index contributed by atoms with van der Waals surface area (Å²) >= 11 is 8.50. The molecule has 3 aromatic rings. The van der Waals surface area contributed by atoms with E-state index in [-0.39, 0.29) is 29.2 Å². The van der Waals surface area contributed by atoms with Crippen LogP contribution in [0.2, 0.25) is 5.02 Å². The zero-order chi connectivity index (χ0) is 32.0. The highest BCUT2D eigenvalue weighted by Crippen LogP contribution is 2.48. The largest absolute Gasteiger partial charge is 0.350 e. The molecule has 0 aliphatic carbocycles. The molecule has 2 fully saturated rings. The Morgan fingerprint density at radius 3 is 2.69 bits per heavy atom. The molecule has 45 heavy (non-hydrogen) atoms. The maximum atomic E-state index is 15.2. The number of anilines is 1. The van der Waals surface area contributed by atoms with E-state index in [2.05, 4.69) is 35.2 Å². The van der Waals surface area contributed by atoms with Gasteiger partial charge in [-0.2, -0.15) is 4.98 Å². The molecule has 2 aromatic carbocycles. The number of likely N-dealkylation sites (tertiary alicyclic amines) is 1. The molecule has 6 rings (SSSR count). The summed E-state index contributed by atoms with van der Waals surface area (Å²) in [6.07, 6.45) is 5.44. The molecule has 1 aromatic heterocycles. The zero-order valence-corrected chi connectivity index (χ0v) is 27.6. The fourth-order valence-electron chi connectivity index (χ4n) is 7.50. The van der Waals surface area contributed by atoms with E-state index < -0.39 is 11.6 Å². The van der Waals surface area contributed by atoms with E-state index in [1.165, 1.54) is 24.6 Å². The van der Waals surface area contributed by atoms with Crippen LogP contribution in [0.3, 0.4) is 0 Å². The first-order valence-corrected chi connectivity index (χ1v) is 17.3. The lowest BCUT2D eigenvalue weighted by atomic mass is 10.0. The summed E-state index contributed by atoms with van der Waals surface area (Å²) in [5.41, 5.74) is 0.990. The van der Waals surface area contributed by atoms with Crippen molar-refractivity contribution in [1.82, 2.24) is 19.4 Å². The zero-order valence-electron chi connectivity index (χ0n) is 26.1. The lowest BCUT2D eigenvalue weighted by molar-refractivity contribution is -0.126. The van der Waals surface area contributed by atoms with Gasteiger partial charge in [-0.25, -0.2) is 13.6 Å². The van der Waals surface area contributed by atoms with Crippen LogP contribution in [0.4, 0.5) is 14.6 Å². The summed E-state index contributed by atoms with van der Waals surface area (Å²) in [6, 6.07) is 5.66. The van der Waals surface area contributed by atoms with Gasteiger partial charge in [-0.3, -0.25) is 9.36 Å². The predicted molar refractivity (Wildman–Crippen MR) is 178 cm³/mol. The van der Waals surface area contributed by atoms with Gasteiger partial charge in [-0.15, -0.1) is 11.8 Å². The normalized spacial score (nSPS) is 23.6. The van der Waals surface area contributed by atoms with Gasteiger partial charge in [-0.05, 0) is 69.3 Å². The number of thioether (sulfide) groups is 1. The number of rotatable bonds is 8. The van der Waals surface area contributed by atoms with Gasteiger partial charge in [0.25, 0.3) is 0 Å². The van der Waals surface area contributed by atoms with E-state index in [1.54, 1.807) is 27.3 Å². The summed E-state index contributed by atoms with van der Waals surface area (Å²) < 4.78 is 30.9. The van der Waals surface area contributed by atoms with Crippen molar-refractivity contribution in [1.29, 1.82) is 0 Å². The van der Waals surface area contributed by atoms with Crippen molar-refractivity contribution >= 4 is 46.0 Å². The summed E-state index contributed by atoms with van der Waals surface area (Å²) in [6.45, 7) is 13.7. The van der Waals surface area contributed by atoms with Crippen LogP contribution in [-0.4, -0.2) is 75.8 Å². The van der Waals surface area contributed by atoms with Gasteiger partial charge < -0.3 is 14.7 Å². The summed E-state index contributed by atoms with van der Waals surface area (Å²) in [5, 5.41) is 1.02. The van der Waals surface area contributed by atoms with Gasteiger partial charge in [0.15, 0.2) is 0 Å². The Morgan fingerprint density at radius 1 is 1.18 bits per heavy atom. The Bertz CT molecular complexity index is 1700. The number of piperazine rings is 1. The summed E-state index contributed by atoms with van der Waals surface area (Å²) in [5.74, 6) is 0.315. The Hall–Kier alpha value is -2.95. The van der Waals surface area contributed by atoms with E-state index in [4.69, 9.17) is 11.6 Å². The molecular formula is C34H40ClF2N5O2S. The second-order valence-corrected chi connectivity index (χ2v) is 14.1. The molecule has 4 heterocycles. The monoisotopic (exact) mass is 655 g/mol. The van der Waals surface area contributed by atoms with Gasteiger partial charge in [0.1, 0.15) is 17.5 Å². The standard InChI is InChI=1S/C34H40ClF2N5O2S/c1-5-23-14-20(3)17-39(23)11-7-8-24-19-45-32-30(25-10-9-22(36)15-28(25)37)27(35)16-26-31(32)42(24)34(44)38-33(26)41-13-12-40(18-21(41)4)29(43)6-2/h6,9-10,15-16,20-21,23-24H,2,5,7-8,11-14,17-19H2,1,3-4H3/t20-,21-,23+,24+/m0/s1. The molecule has 0 saturated carbocycles. The average Bonchev–Trinajstić information content (AvgIpc) is 3.38. The van der Waals surface area contributed by atoms with Crippen LogP contribution >= 0.6 is 23.4 Å². The number of amides is 1. The molecular weight excluding hydrogens is 616 g/mol. The van der Waals surface area contributed by atoms with Crippen molar-refractivity contribution < 1.29 is 13.6 Å². The minimum atomic E-state index is -0.708. The maximum Gasteiger partial charge on any atom is 0.350 e. The number of nitrogens with zero attached hydrogens (tertiary/aromatic N) is 5. The van der Waals surface area contributed by atoms with Gasteiger partial charge >= 0.3 is 5.69 Å². The minimum Gasteiger partial charge on any atom is -0.350 e. The number of benzene rings is 2. The van der Waals surface area contributed by atoms with E-state index in [9.17, 15) is 14.0 Å². The molecule has 7 nitrogen and oxygen atoms in total. The van der Waals surface area contributed by atoms with Crippen molar-refractivity contribution in [3.63, 3.8) is 0 Å². The van der Waals surface area contributed by atoms with Gasteiger partial charge in [0.2, 0.25) is 5.91 Å². The third-order valence-electron chi connectivity index (χ3n) is 9.66. The summed E-state index contributed by atoms with van der Waals surface area (Å²) in [7, 11) is 0. The van der Waals surface area contributed by atoms with Crippen molar-refractivity contribution in [3.8, 4) is 11.1 Å². The molecule has 0 unspecified atom stereocenters. The van der Waals surface area contributed by atoms with Gasteiger partial charge in [0, 0.05) is 77.5 Å². The van der Waals surface area contributed by atoms with Crippen LogP contribution in [0.15, 0.2) is 46.6 Å². The number of hydrogen-bond acceptors (Lipinski definition) is 6. The van der Waals surface area contributed by atoms with Gasteiger partial charge in [0.05, 0.1) is 10.5 Å². The molecule has 1 amide bonds. The molecule has 0 spiro atoms. The second kappa shape index (κ2) is 13.0. The Kier molecular flexibility index (Phi) is 9.28. The third-order valence-corrected chi connectivity index (χ3v) is 11.2. The van der Waals surface area contributed by atoms with E-state index >= 15 is 4.39 Å². The predicted octanol–water partition coefficient (Wildman–Crippen LogP) is 6.77. The van der Waals surface area contributed by atoms with Crippen molar-refractivity contribution in [2.45, 2.75) is 69.5 Å². The molecule has 3 aliphatic heterocycles. The molecule has 4 atom stereocenters. The lowest BCUT2D eigenvalue weighted by Crippen LogP contribution is -2.54. The van der Waals surface area contributed by atoms with Crippen LogP contribution in [0.25, 0.3) is 22.0 Å². The smallest absolute Gasteiger partial charge is 0.350 e. The number of aromatic nitrogens is 2. The average molecular weight is 656 g/mol. The first kappa shape index (κ1) is 32.0. The second-order valence-electron chi connectivity index (χ2n) is 12.7. The topological polar surface area (TPSA) is 61.7 Å². The Morgan fingerprint density at radius 2 is 1.98 bits per heavy atom. The van der Waals surface area contributed by atoms with E-state index in [0.717, 1.165) is 38.4 Å². The van der Waals surface area contributed by atoms with Crippen LogP contribution in [0.1, 0.15) is 52.5 Å². The number of carbonyl (C=O) groups excluding carboxylic acids is 1. The fourth-order valence-corrected chi connectivity index (χ4v) is 9.25. The molecule has 2 saturated heterocycles. The van der Waals surface area contributed by atoms with Crippen LogP contribution < -0.4 is 10.6 Å². The van der Waals surface area contributed by atoms with Crippen molar-refractivity contribution in [3.05, 3.63) is 64.1 Å². The van der Waals surface area contributed by atoms with Crippen LogP contribution in [-0.2, 0) is 4.79 Å². The Labute approximate surface area is 272 Å². The molecule has 0 N–H and O–H groups in total. The van der Waals surface area contributed by atoms with Crippen molar-refractivity contribution in [2.24, 2.45) is 5.92 Å². The third kappa shape index (κ3) is 6.01. The highest BCUT2D eigenvalue weighted by molar-refractivity contribution is 7.99. The molecule has 3 aliphatic rings. The van der Waals surface area contributed by atoms with Crippen LogP contribution in [0.5, 0.6) is 0 Å². The molecule has 11 heteroatoms. The number of hydrogen-bond donors (Lipinski definition) is 0. The molecule has 240 valence electrons. The van der Waals surface area contributed by atoms with E-state index in [1.807, 2.05) is 6.92 Å². The maximum absolute atomic E-state index is 15.2. The highest BCUT2D eigenvalue weighted by Gasteiger charge is 2.34. The molecule has 0 bridgehead atoms.